The van der Waals surface area contributed by atoms with E-state index in [1.165, 1.54) is 0 Å². The van der Waals surface area contributed by atoms with Crippen molar-refractivity contribution in [3.63, 3.8) is 0 Å². The van der Waals surface area contributed by atoms with Crippen molar-refractivity contribution in [2.75, 3.05) is 13.6 Å². The lowest BCUT2D eigenvalue weighted by Gasteiger charge is -2.33. The van der Waals surface area contributed by atoms with Gasteiger partial charge in [0.05, 0.1) is 5.54 Å². The number of allylic oxidation sites excluding steroid dienone is 1. The van der Waals surface area contributed by atoms with E-state index in [-0.39, 0.29) is 6.04 Å². The summed E-state index contributed by atoms with van der Waals surface area (Å²) < 4.78 is 0. The van der Waals surface area contributed by atoms with Crippen LogP contribution in [0.2, 0.25) is 0 Å². The van der Waals surface area contributed by atoms with Gasteiger partial charge in [-0.05, 0) is 59.0 Å². The summed E-state index contributed by atoms with van der Waals surface area (Å²) in [5.41, 5.74) is 0.427. The summed E-state index contributed by atoms with van der Waals surface area (Å²) in [6.45, 7) is 10.4. The molecule has 0 bridgehead atoms. The summed E-state index contributed by atoms with van der Waals surface area (Å²) in [4.78, 5) is 30.8. The van der Waals surface area contributed by atoms with Crippen LogP contribution < -0.4 is 10.6 Å². The van der Waals surface area contributed by atoms with Gasteiger partial charge in [-0.25, -0.2) is 4.99 Å². The molecule has 0 aromatic carbocycles. The fourth-order valence-corrected chi connectivity index (χ4v) is 2.69. The van der Waals surface area contributed by atoms with Gasteiger partial charge in [-0.1, -0.05) is 6.92 Å². The van der Waals surface area contributed by atoms with Crippen molar-refractivity contribution >= 4 is 18.0 Å². The Bertz CT molecular complexity index is 523. The van der Waals surface area contributed by atoms with Crippen LogP contribution in [0.5, 0.6) is 0 Å². The third-order valence-electron chi connectivity index (χ3n) is 4.38. The quantitative estimate of drug-likeness (QED) is 0.597. The molecule has 0 saturated carbocycles. The zero-order valence-corrected chi connectivity index (χ0v) is 15.9. The lowest BCUT2D eigenvalue weighted by Crippen LogP contribution is -2.54. The van der Waals surface area contributed by atoms with Crippen LogP contribution in [-0.2, 0) is 9.59 Å². The minimum Gasteiger partial charge on any atom is -0.373 e. The van der Waals surface area contributed by atoms with Crippen molar-refractivity contribution in [2.24, 2.45) is 4.99 Å². The molecule has 24 heavy (non-hydrogen) atoms. The maximum absolute atomic E-state index is 12.4. The monoisotopic (exact) mass is 336 g/mol. The normalized spacial score (nSPS) is 19.9. The van der Waals surface area contributed by atoms with Gasteiger partial charge in [0.25, 0.3) is 0 Å². The molecule has 1 aliphatic rings. The molecule has 0 radical (unpaired) electrons. The lowest BCUT2D eigenvalue weighted by molar-refractivity contribution is -0.148. The summed E-state index contributed by atoms with van der Waals surface area (Å²) in [5.74, 6) is -0.226. The first-order valence-electron chi connectivity index (χ1n) is 8.77. The second kappa shape index (κ2) is 8.85. The minimum absolute atomic E-state index is 0.125. The molecule has 1 aliphatic heterocycles. The zero-order valence-electron chi connectivity index (χ0n) is 15.9. The van der Waals surface area contributed by atoms with Gasteiger partial charge >= 0.3 is 11.8 Å². The van der Waals surface area contributed by atoms with Crippen LogP contribution in [0, 0.1) is 0 Å². The van der Waals surface area contributed by atoms with Crippen LogP contribution in [0.3, 0.4) is 0 Å². The second-order valence-electron chi connectivity index (χ2n) is 7.01. The van der Waals surface area contributed by atoms with Gasteiger partial charge in [0.15, 0.2) is 0 Å². The molecule has 0 unspecified atom stereocenters. The van der Waals surface area contributed by atoms with Crippen LogP contribution in [0.1, 0.15) is 60.3 Å². The predicted octanol–water partition coefficient (Wildman–Crippen LogP) is 2.21. The first-order valence-corrected chi connectivity index (χ1v) is 8.77. The summed E-state index contributed by atoms with van der Waals surface area (Å²) in [6, 6.07) is 0.125. The van der Waals surface area contributed by atoms with Crippen LogP contribution in [0.15, 0.2) is 16.4 Å². The van der Waals surface area contributed by atoms with E-state index in [2.05, 4.69) is 22.5 Å². The van der Waals surface area contributed by atoms with Gasteiger partial charge in [-0.15, -0.1) is 0 Å². The molecule has 0 spiro atoms. The number of carbonyl (C=O) groups excluding carboxylic acids is 2. The fraction of sp³-hybridized carbons (Fsp3) is 0.722. The molecular weight excluding hydrogens is 304 g/mol. The molecule has 0 aromatic rings. The summed E-state index contributed by atoms with van der Waals surface area (Å²) in [5, 5.41) is 5.83. The zero-order chi connectivity index (χ0) is 18.3. The number of hydrogen-bond acceptors (Lipinski definition) is 4. The van der Waals surface area contributed by atoms with E-state index < -0.39 is 17.4 Å². The average Bonchev–Trinajstić information content (AvgIpc) is 2.54. The first-order chi connectivity index (χ1) is 11.2. The third kappa shape index (κ3) is 5.65. The molecule has 136 valence electrons. The molecular formula is C18H32N4O2. The highest BCUT2D eigenvalue weighted by molar-refractivity contribution is 6.35. The second-order valence-corrected chi connectivity index (χ2v) is 7.01. The highest BCUT2D eigenvalue weighted by atomic mass is 16.2. The van der Waals surface area contributed by atoms with E-state index in [1.807, 2.05) is 34.7 Å². The molecule has 6 heteroatoms. The third-order valence-corrected chi connectivity index (χ3v) is 4.38. The molecule has 6 nitrogen and oxygen atoms in total. The number of nitrogens with zero attached hydrogens (tertiary/aromatic N) is 2. The maximum Gasteiger partial charge on any atom is 0.312 e. The highest BCUT2D eigenvalue weighted by Gasteiger charge is 2.30. The van der Waals surface area contributed by atoms with Crippen molar-refractivity contribution in [3.8, 4) is 0 Å². The number of carbonyl (C=O) groups is 2. The van der Waals surface area contributed by atoms with Gasteiger partial charge in [0.2, 0.25) is 0 Å². The summed E-state index contributed by atoms with van der Waals surface area (Å²) in [7, 11) is 1.82. The topological polar surface area (TPSA) is 73.8 Å². The number of hydrogen-bond donors (Lipinski definition) is 2. The van der Waals surface area contributed by atoms with E-state index >= 15 is 0 Å². The van der Waals surface area contributed by atoms with Crippen LogP contribution in [0.25, 0.3) is 0 Å². The van der Waals surface area contributed by atoms with Crippen molar-refractivity contribution in [2.45, 2.75) is 71.9 Å². The Labute approximate surface area is 145 Å². The van der Waals surface area contributed by atoms with E-state index in [0.29, 0.717) is 6.54 Å². The van der Waals surface area contributed by atoms with Crippen LogP contribution in [-0.4, -0.2) is 48.1 Å². The fourth-order valence-electron chi connectivity index (χ4n) is 2.69. The number of amides is 2. The molecule has 2 N–H and O–H groups in total. The van der Waals surface area contributed by atoms with Gasteiger partial charge in [-0.2, -0.15) is 0 Å². The summed E-state index contributed by atoms with van der Waals surface area (Å²) >= 11 is 0. The molecule has 0 aliphatic carbocycles. The Hall–Kier alpha value is -1.85. The van der Waals surface area contributed by atoms with Gasteiger partial charge in [0, 0.05) is 25.8 Å². The van der Waals surface area contributed by atoms with Crippen molar-refractivity contribution in [1.29, 1.82) is 0 Å². The molecule has 2 amide bonds. The van der Waals surface area contributed by atoms with E-state index in [4.69, 9.17) is 0 Å². The number of rotatable bonds is 5. The molecule has 1 heterocycles. The number of likely N-dealkylation sites (tertiary alicyclic amines) is 1. The summed E-state index contributed by atoms with van der Waals surface area (Å²) in [6.07, 6.45) is 5.59. The SMILES string of the molecule is CC/C(C)=C(/N=CC(C)(C)NC(=O)C(=O)N1CCCC[C@@H]1C)NC. The number of aliphatic imine (C=N–C) groups is 1. The van der Waals surface area contributed by atoms with Crippen molar-refractivity contribution in [3.05, 3.63) is 11.4 Å². The number of nitrogens with one attached hydrogen (secondary N) is 2. The van der Waals surface area contributed by atoms with Gasteiger partial charge < -0.3 is 15.5 Å². The van der Waals surface area contributed by atoms with E-state index in [1.54, 1.807) is 11.1 Å². The number of piperidine rings is 1. The molecule has 1 fully saturated rings. The standard InChI is InChI=1S/C18H32N4O2/c1-7-13(2)15(19-6)20-12-18(4,5)21-16(23)17(24)22-11-9-8-10-14(22)3/h12,14,19H,7-11H2,1-6H3,(H,21,23)/b15-13+,20-12?/t14-/m0/s1. The van der Waals surface area contributed by atoms with Crippen molar-refractivity contribution < 1.29 is 9.59 Å². The Balaban J connectivity index is 2.75. The van der Waals surface area contributed by atoms with E-state index in [0.717, 1.165) is 37.1 Å². The van der Waals surface area contributed by atoms with Crippen molar-refractivity contribution in [1.82, 2.24) is 15.5 Å². The molecule has 1 rings (SSSR count). The maximum atomic E-state index is 12.4. The van der Waals surface area contributed by atoms with Crippen LogP contribution in [0.4, 0.5) is 0 Å². The molecule has 1 saturated heterocycles. The first kappa shape index (κ1) is 20.2. The Morgan fingerprint density at radius 1 is 1.33 bits per heavy atom. The molecule has 1 atom stereocenters. The lowest BCUT2D eigenvalue weighted by atomic mass is 10.0. The van der Waals surface area contributed by atoms with Gasteiger partial charge in [-0.3, -0.25) is 9.59 Å². The Kier molecular flexibility index (Phi) is 7.45. The van der Waals surface area contributed by atoms with Gasteiger partial charge in [0.1, 0.15) is 5.82 Å². The minimum atomic E-state index is -0.706. The van der Waals surface area contributed by atoms with Crippen LogP contribution >= 0.6 is 0 Å². The molecule has 0 aromatic heterocycles. The Morgan fingerprint density at radius 3 is 2.54 bits per heavy atom. The van der Waals surface area contributed by atoms with E-state index in [9.17, 15) is 9.59 Å². The highest BCUT2D eigenvalue weighted by Crippen LogP contribution is 2.16. The average molecular weight is 336 g/mol. The largest absolute Gasteiger partial charge is 0.373 e. The Morgan fingerprint density at radius 2 is 2.00 bits per heavy atom. The predicted molar refractivity (Wildman–Crippen MR) is 97.8 cm³/mol. The smallest absolute Gasteiger partial charge is 0.312 e.